The molecule has 0 radical (unpaired) electrons. The molecule has 1 atom stereocenters. The number of nitrogens with zero attached hydrogens (tertiary/aromatic N) is 1. The Hall–Kier alpha value is -1.27. The SMILES string of the molecule is NCc1cc(C(F)(F)F)ccc1N1CCCC(CCO)C1. The van der Waals surface area contributed by atoms with Gasteiger partial charge in [-0.2, -0.15) is 13.2 Å². The molecule has 2 rings (SSSR count). The molecule has 3 N–H and O–H groups in total. The van der Waals surface area contributed by atoms with Gasteiger partial charge in [0.25, 0.3) is 0 Å². The quantitative estimate of drug-likeness (QED) is 0.899. The van der Waals surface area contributed by atoms with Gasteiger partial charge in [-0.15, -0.1) is 0 Å². The lowest BCUT2D eigenvalue weighted by Gasteiger charge is -2.35. The van der Waals surface area contributed by atoms with Crippen molar-refractivity contribution >= 4 is 5.69 Å². The zero-order valence-corrected chi connectivity index (χ0v) is 11.9. The zero-order valence-electron chi connectivity index (χ0n) is 11.9. The first-order valence-corrected chi connectivity index (χ1v) is 7.21. The first kappa shape index (κ1) is 16.1. The summed E-state index contributed by atoms with van der Waals surface area (Å²) in [6.45, 7) is 1.81. The number of benzene rings is 1. The molecule has 0 aliphatic carbocycles. The van der Waals surface area contributed by atoms with Crippen molar-refractivity contribution in [2.45, 2.75) is 32.0 Å². The van der Waals surface area contributed by atoms with Crippen LogP contribution in [0.3, 0.4) is 0 Å². The standard InChI is InChI=1S/C15H21F3N2O/c16-15(17,18)13-3-4-14(12(8-13)9-19)20-6-1-2-11(10-20)5-7-21/h3-4,8,11,21H,1-2,5-7,9-10,19H2. The van der Waals surface area contributed by atoms with E-state index in [4.69, 9.17) is 10.8 Å². The highest BCUT2D eigenvalue weighted by Crippen LogP contribution is 2.34. The second-order valence-corrected chi connectivity index (χ2v) is 5.51. The normalized spacial score (nSPS) is 19.9. The summed E-state index contributed by atoms with van der Waals surface area (Å²) in [5.74, 6) is 0.386. The fourth-order valence-corrected chi connectivity index (χ4v) is 2.94. The molecule has 1 aromatic carbocycles. The van der Waals surface area contributed by atoms with Gasteiger partial charge in [-0.25, -0.2) is 0 Å². The van der Waals surface area contributed by atoms with Crippen LogP contribution < -0.4 is 10.6 Å². The van der Waals surface area contributed by atoms with E-state index in [1.807, 2.05) is 0 Å². The Morgan fingerprint density at radius 1 is 1.33 bits per heavy atom. The molecule has 0 amide bonds. The third-order valence-corrected chi connectivity index (χ3v) is 4.02. The van der Waals surface area contributed by atoms with E-state index in [0.29, 0.717) is 11.5 Å². The molecule has 1 unspecified atom stereocenters. The van der Waals surface area contributed by atoms with Crippen molar-refractivity contribution < 1.29 is 18.3 Å². The molecule has 118 valence electrons. The molecule has 1 aliphatic rings. The zero-order chi connectivity index (χ0) is 15.5. The first-order valence-electron chi connectivity index (χ1n) is 7.21. The summed E-state index contributed by atoms with van der Waals surface area (Å²) < 4.78 is 38.3. The maximum absolute atomic E-state index is 12.8. The van der Waals surface area contributed by atoms with Crippen LogP contribution in [0.1, 0.15) is 30.4 Å². The predicted octanol–water partition coefficient (Wildman–Crippen LogP) is 2.76. The third-order valence-electron chi connectivity index (χ3n) is 4.02. The fraction of sp³-hybridized carbons (Fsp3) is 0.600. The number of rotatable bonds is 4. The summed E-state index contributed by atoms with van der Waals surface area (Å²) in [6, 6.07) is 3.78. The number of anilines is 1. The minimum Gasteiger partial charge on any atom is -0.396 e. The maximum atomic E-state index is 12.8. The smallest absolute Gasteiger partial charge is 0.396 e. The summed E-state index contributed by atoms with van der Waals surface area (Å²) in [5, 5.41) is 9.04. The Morgan fingerprint density at radius 3 is 2.71 bits per heavy atom. The highest BCUT2D eigenvalue weighted by atomic mass is 19.4. The van der Waals surface area contributed by atoms with Crippen molar-refractivity contribution in [3.05, 3.63) is 29.3 Å². The molecule has 3 nitrogen and oxygen atoms in total. The molecular weight excluding hydrogens is 281 g/mol. The van der Waals surface area contributed by atoms with E-state index in [-0.39, 0.29) is 13.2 Å². The number of alkyl halides is 3. The van der Waals surface area contributed by atoms with Gasteiger partial charge in [-0.05, 0) is 48.9 Å². The Labute approximate surface area is 122 Å². The monoisotopic (exact) mass is 302 g/mol. The lowest BCUT2D eigenvalue weighted by molar-refractivity contribution is -0.137. The van der Waals surface area contributed by atoms with Crippen LogP contribution in [0.15, 0.2) is 18.2 Å². The van der Waals surface area contributed by atoms with Crippen molar-refractivity contribution in [2.24, 2.45) is 11.7 Å². The van der Waals surface area contributed by atoms with E-state index in [0.717, 1.165) is 50.2 Å². The minimum absolute atomic E-state index is 0.0837. The number of hydrogen-bond acceptors (Lipinski definition) is 3. The highest BCUT2D eigenvalue weighted by molar-refractivity contribution is 5.55. The van der Waals surface area contributed by atoms with Crippen molar-refractivity contribution in [3.63, 3.8) is 0 Å². The Kier molecular flexibility index (Phi) is 5.11. The minimum atomic E-state index is -4.34. The van der Waals surface area contributed by atoms with E-state index in [2.05, 4.69) is 4.90 Å². The molecule has 1 aromatic rings. The molecule has 1 aliphatic heterocycles. The van der Waals surface area contributed by atoms with Crippen LogP contribution in [0, 0.1) is 5.92 Å². The van der Waals surface area contributed by atoms with E-state index in [9.17, 15) is 13.2 Å². The molecule has 0 spiro atoms. The van der Waals surface area contributed by atoms with Gasteiger partial charge < -0.3 is 15.7 Å². The van der Waals surface area contributed by atoms with Gasteiger partial charge in [-0.1, -0.05) is 0 Å². The number of hydrogen-bond donors (Lipinski definition) is 2. The number of piperidine rings is 1. The summed E-state index contributed by atoms with van der Waals surface area (Å²) in [6.07, 6.45) is -1.58. The molecule has 0 saturated carbocycles. The summed E-state index contributed by atoms with van der Waals surface area (Å²) in [5.41, 5.74) is 6.28. The first-order chi connectivity index (χ1) is 9.95. The second kappa shape index (κ2) is 6.66. The van der Waals surface area contributed by atoms with Crippen LogP contribution in [-0.4, -0.2) is 24.8 Å². The molecule has 1 fully saturated rings. The lowest BCUT2D eigenvalue weighted by Crippen LogP contribution is -2.36. The number of aliphatic hydroxyl groups excluding tert-OH is 1. The third kappa shape index (κ3) is 3.89. The van der Waals surface area contributed by atoms with Gasteiger partial charge >= 0.3 is 6.18 Å². The van der Waals surface area contributed by atoms with Crippen LogP contribution in [0.2, 0.25) is 0 Å². The fourth-order valence-electron chi connectivity index (χ4n) is 2.94. The number of nitrogens with two attached hydrogens (primary N) is 1. The van der Waals surface area contributed by atoms with Crippen LogP contribution in [-0.2, 0) is 12.7 Å². The van der Waals surface area contributed by atoms with E-state index >= 15 is 0 Å². The van der Waals surface area contributed by atoms with E-state index in [1.54, 1.807) is 0 Å². The average Bonchev–Trinajstić information content (AvgIpc) is 2.46. The van der Waals surface area contributed by atoms with Gasteiger partial charge in [0.2, 0.25) is 0 Å². The van der Waals surface area contributed by atoms with Crippen molar-refractivity contribution in [1.29, 1.82) is 0 Å². The van der Waals surface area contributed by atoms with Gasteiger partial charge in [-0.3, -0.25) is 0 Å². The second-order valence-electron chi connectivity index (χ2n) is 5.51. The van der Waals surface area contributed by atoms with Gasteiger partial charge in [0.1, 0.15) is 0 Å². The Morgan fingerprint density at radius 2 is 2.10 bits per heavy atom. The Balaban J connectivity index is 2.22. The molecule has 1 saturated heterocycles. The van der Waals surface area contributed by atoms with E-state index < -0.39 is 11.7 Å². The summed E-state index contributed by atoms with van der Waals surface area (Å²) in [4.78, 5) is 2.09. The lowest BCUT2D eigenvalue weighted by atomic mass is 9.94. The van der Waals surface area contributed by atoms with Crippen LogP contribution in [0.25, 0.3) is 0 Å². The number of halogens is 3. The molecule has 1 heterocycles. The van der Waals surface area contributed by atoms with Gasteiger partial charge in [0.05, 0.1) is 5.56 Å². The van der Waals surface area contributed by atoms with Crippen molar-refractivity contribution in [1.82, 2.24) is 0 Å². The van der Waals surface area contributed by atoms with Crippen molar-refractivity contribution in [2.75, 3.05) is 24.6 Å². The average molecular weight is 302 g/mol. The van der Waals surface area contributed by atoms with Gasteiger partial charge in [0, 0.05) is 31.9 Å². The van der Waals surface area contributed by atoms with Gasteiger partial charge in [0.15, 0.2) is 0 Å². The Bertz CT molecular complexity index is 474. The molecule has 0 aromatic heterocycles. The maximum Gasteiger partial charge on any atom is 0.416 e. The summed E-state index contributed by atoms with van der Waals surface area (Å²) >= 11 is 0. The molecular formula is C15H21F3N2O. The van der Waals surface area contributed by atoms with Crippen LogP contribution in [0.4, 0.5) is 18.9 Å². The van der Waals surface area contributed by atoms with Crippen LogP contribution in [0.5, 0.6) is 0 Å². The molecule has 6 heteroatoms. The van der Waals surface area contributed by atoms with Crippen LogP contribution >= 0.6 is 0 Å². The predicted molar refractivity (Wildman–Crippen MR) is 76.0 cm³/mol. The molecule has 21 heavy (non-hydrogen) atoms. The highest BCUT2D eigenvalue weighted by Gasteiger charge is 2.31. The van der Waals surface area contributed by atoms with Crippen molar-refractivity contribution in [3.8, 4) is 0 Å². The van der Waals surface area contributed by atoms with E-state index in [1.165, 1.54) is 6.07 Å². The summed E-state index contributed by atoms with van der Waals surface area (Å²) in [7, 11) is 0. The topological polar surface area (TPSA) is 49.5 Å². The number of aliphatic hydroxyl groups is 1. The largest absolute Gasteiger partial charge is 0.416 e. The molecule has 0 bridgehead atoms.